The van der Waals surface area contributed by atoms with Crippen LogP contribution in [0.2, 0.25) is 5.02 Å². The molecular weight excluding hydrogens is 380 g/mol. The molecule has 7 heteroatoms. The van der Waals surface area contributed by atoms with Gasteiger partial charge in [0.05, 0.1) is 29.8 Å². The number of benzene rings is 2. The van der Waals surface area contributed by atoms with E-state index in [2.05, 4.69) is 5.32 Å². The Morgan fingerprint density at radius 1 is 1.21 bits per heavy atom. The minimum Gasteiger partial charge on any atom is -0.493 e. The maximum Gasteiger partial charge on any atom is 0.252 e. The summed E-state index contributed by atoms with van der Waals surface area (Å²) in [4.78, 5) is 25.0. The third-order valence-corrected chi connectivity index (χ3v) is 4.71. The van der Waals surface area contributed by atoms with Crippen LogP contribution >= 0.6 is 11.6 Å². The summed E-state index contributed by atoms with van der Waals surface area (Å²) in [6, 6.07) is 12.1. The van der Waals surface area contributed by atoms with Crippen molar-refractivity contribution in [1.82, 2.24) is 9.88 Å². The maximum atomic E-state index is 12.8. The summed E-state index contributed by atoms with van der Waals surface area (Å²) in [6.45, 7) is 2.55. The summed E-state index contributed by atoms with van der Waals surface area (Å²) < 4.78 is 12.3. The van der Waals surface area contributed by atoms with Crippen LogP contribution in [0.5, 0.6) is 11.5 Å². The first-order chi connectivity index (χ1) is 13.5. The van der Waals surface area contributed by atoms with Gasteiger partial charge in [-0.05, 0) is 30.7 Å². The van der Waals surface area contributed by atoms with Crippen molar-refractivity contribution in [3.05, 3.63) is 69.0 Å². The van der Waals surface area contributed by atoms with Crippen LogP contribution in [0.1, 0.15) is 22.8 Å². The highest BCUT2D eigenvalue weighted by molar-refractivity contribution is 6.32. The SMILES string of the molecule is CCOc1c(Cl)cc(CNC(=O)c2cc(=O)n(C)c3ccccc23)cc1OC. The third-order valence-electron chi connectivity index (χ3n) is 4.43. The second-order valence-corrected chi connectivity index (χ2v) is 6.60. The van der Waals surface area contributed by atoms with Crippen LogP contribution < -0.4 is 20.3 Å². The van der Waals surface area contributed by atoms with Crippen molar-refractivity contribution in [3.8, 4) is 11.5 Å². The lowest BCUT2D eigenvalue weighted by molar-refractivity contribution is 0.0952. The number of hydrogen-bond acceptors (Lipinski definition) is 4. The van der Waals surface area contributed by atoms with Crippen molar-refractivity contribution in [2.45, 2.75) is 13.5 Å². The van der Waals surface area contributed by atoms with E-state index in [1.807, 2.05) is 31.2 Å². The molecule has 0 aliphatic heterocycles. The summed E-state index contributed by atoms with van der Waals surface area (Å²) in [5.74, 6) is 0.634. The molecule has 0 spiro atoms. The van der Waals surface area contributed by atoms with Gasteiger partial charge in [-0.3, -0.25) is 9.59 Å². The molecule has 2 aromatic carbocycles. The van der Waals surface area contributed by atoms with Gasteiger partial charge in [0.25, 0.3) is 11.5 Å². The quantitative estimate of drug-likeness (QED) is 0.687. The lowest BCUT2D eigenvalue weighted by Gasteiger charge is -2.14. The molecule has 1 amide bonds. The number of para-hydroxylation sites is 1. The van der Waals surface area contributed by atoms with Gasteiger partial charge < -0.3 is 19.4 Å². The first-order valence-electron chi connectivity index (χ1n) is 8.82. The Balaban J connectivity index is 1.88. The highest BCUT2D eigenvalue weighted by Gasteiger charge is 2.15. The molecule has 1 heterocycles. The molecule has 0 atom stereocenters. The molecule has 1 N–H and O–H groups in total. The van der Waals surface area contributed by atoms with Crippen molar-refractivity contribution >= 4 is 28.4 Å². The summed E-state index contributed by atoms with van der Waals surface area (Å²) >= 11 is 6.28. The third kappa shape index (κ3) is 3.82. The highest BCUT2D eigenvalue weighted by atomic mass is 35.5. The summed E-state index contributed by atoms with van der Waals surface area (Å²) in [6.07, 6.45) is 0. The fraction of sp³-hybridized carbons (Fsp3) is 0.238. The van der Waals surface area contributed by atoms with Gasteiger partial charge in [0.1, 0.15) is 0 Å². The fourth-order valence-electron chi connectivity index (χ4n) is 3.04. The minimum absolute atomic E-state index is 0.227. The lowest BCUT2D eigenvalue weighted by Crippen LogP contribution is -2.26. The number of carbonyl (C=O) groups excluding carboxylic acids is 1. The van der Waals surface area contributed by atoms with Crippen LogP contribution in [-0.4, -0.2) is 24.2 Å². The Kier molecular flexibility index (Phi) is 5.90. The molecule has 3 aromatic rings. The summed E-state index contributed by atoms with van der Waals surface area (Å²) in [5.41, 5.74) is 1.55. The van der Waals surface area contributed by atoms with Crippen LogP contribution in [0.15, 0.2) is 47.3 Å². The molecule has 28 heavy (non-hydrogen) atoms. The van der Waals surface area contributed by atoms with E-state index in [-0.39, 0.29) is 18.0 Å². The molecular formula is C21H21ClN2O4. The van der Waals surface area contributed by atoms with E-state index >= 15 is 0 Å². The number of hydrogen-bond donors (Lipinski definition) is 1. The van der Waals surface area contributed by atoms with E-state index in [9.17, 15) is 9.59 Å². The molecule has 0 unspecified atom stereocenters. The number of halogens is 1. The molecule has 0 bridgehead atoms. The average molecular weight is 401 g/mol. The summed E-state index contributed by atoms with van der Waals surface area (Å²) in [5, 5.41) is 3.96. The molecule has 3 rings (SSSR count). The largest absolute Gasteiger partial charge is 0.493 e. The summed E-state index contributed by atoms with van der Waals surface area (Å²) in [7, 11) is 3.21. The molecule has 0 saturated heterocycles. The Hall–Kier alpha value is -2.99. The smallest absolute Gasteiger partial charge is 0.252 e. The number of nitrogens with one attached hydrogen (secondary N) is 1. The zero-order valence-corrected chi connectivity index (χ0v) is 16.7. The second kappa shape index (κ2) is 8.35. The van der Waals surface area contributed by atoms with Crippen molar-refractivity contribution in [2.24, 2.45) is 7.05 Å². The number of pyridine rings is 1. The number of aryl methyl sites for hydroxylation is 1. The first-order valence-corrected chi connectivity index (χ1v) is 9.20. The van der Waals surface area contributed by atoms with Gasteiger partial charge in [0.2, 0.25) is 0 Å². The first kappa shape index (κ1) is 19.8. The van der Waals surface area contributed by atoms with Crippen molar-refractivity contribution in [3.63, 3.8) is 0 Å². The fourth-order valence-corrected chi connectivity index (χ4v) is 3.32. The topological polar surface area (TPSA) is 69.6 Å². The van der Waals surface area contributed by atoms with E-state index in [0.29, 0.717) is 39.6 Å². The molecule has 0 fully saturated rings. The number of fused-ring (bicyclic) bond motifs is 1. The molecule has 1 aromatic heterocycles. The van der Waals surface area contributed by atoms with E-state index in [1.165, 1.54) is 17.7 Å². The predicted octanol–water partition coefficient (Wildman–Crippen LogP) is 3.53. The van der Waals surface area contributed by atoms with E-state index < -0.39 is 0 Å². The Bertz CT molecular complexity index is 1090. The molecule has 146 valence electrons. The molecule has 0 saturated carbocycles. The Labute approximate surface area is 167 Å². The number of amides is 1. The van der Waals surface area contributed by atoms with Crippen molar-refractivity contribution in [2.75, 3.05) is 13.7 Å². The molecule has 0 aliphatic carbocycles. The van der Waals surface area contributed by atoms with E-state index in [4.69, 9.17) is 21.1 Å². The van der Waals surface area contributed by atoms with E-state index in [0.717, 1.165) is 5.56 Å². The van der Waals surface area contributed by atoms with Gasteiger partial charge in [-0.15, -0.1) is 0 Å². The average Bonchev–Trinajstić information content (AvgIpc) is 2.70. The van der Waals surface area contributed by atoms with Crippen molar-refractivity contribution < 1.29 is 14.3 Å². The van der Waals surface area contributed by atoms with Crippen LogP contribution in [0.25, 0.3) is 10.9 Å². The predicted molar refractivity (Wildman–Crippen MR) is 110 cm³/mol. The zero-order valence-electron chi connectivity index (χ0n) is 15.9. The standard InChI is InChI=1S/C21H21ClN2O4/c1-4-28-20-16(22)9-13(10-18(20)27-3)12-23-21(26)15-11-19(25)24(2)17-8-6-5-7-14(15)17/h5-11H,4,12H2,1-3H3,(H,23,26). The van der Waals surface area contributed by atoms with Gasteiger partial charge in [-0.25, -0.2) is 0 Å². The van der Waals surface area contributed by atoms with Crippen LogP contribution in [-0.2, 0) is 13.6 Å². The second-order valence-electron chi connectivity index (χ2n) is 6.20. The number of methoxy groups -OCH3 is 1. The van der Waals surface area contributed by atoms with E-state index in [1.54, 1.807) is 19.2 Å². The minimum atomic E-state index is -0.335. The van der Waals surface area contributed by atoms with Crippen LogP contribution in [0, 0.1) is 0 Å². The number of carbonyl (C=O) groups is 1. The van der Waals surface area contributed by atoms with Gasteiger partial charge in [0.15, 0.2) is 11.5 Å². The van der Waals surface area contributed by atoms with Crippen LogP contribution in [0.4, 0.5) is 0 Å². The maximum absolute atomic E-state index is 12.8. The Morgan fingerprint density at radius 2 is 1.96 bits per heavy atom. The molecule has 0 radical (unpaired) electrons. The molecule has 0 aliphatic rings. The van der Waals surface area contributed by atoms with Gasteiger partial charge in [0, 0.05) is 25.0 Å². The Morgan fingerprint density at radius 3 is 2.68 bits per heavy atom. The monoisotopic (exact) mass is 400 g/mol. The highest BCUT2D eigenvalue weighted by Crippen LogP contribution is 2.36. The number of aromatic nitrogens is 1. The lowest BCUT2D eigenvalue weighted by atomic mass is 10.1. The number of rotatable bonds is 6. The van der Waals surface area contributed by atoms with Gasteiger partial charge >= 0.3 is 0 Å². The molecule has 6 nitrogen and oxygen atoms in total. The normalized spacial score (nSPS) is 10.7. The van der Waals surface area contributed by atoms with Gasteiger partial charge in [-0.1, -0.05) is 29.8 Å². The zero-order chi connectivity index (χ0) is 20.3. The van der Waals surface area contributed by atoms with Crippen molar-refractivity contribution in [1.29, 1.82) is 0 Å². The van der Waals surface area contributed by atoms with Crippen LogP contribution in [0.3, 0.4) is 0 Å². The number of ether oxygens (including phenoxy) is 2. The van der Waals surface area contributed by atoms with Gasteiger partial charge in [-0.2, -0.15) is 0 Å². The number of nitrogens with zero attached hydrogens (tertiary/aromatic N) is 1.